The van der Waals surface area contributed by atoms with E-state index >= 15 is 0 Å². The van der Waals surface area contributed by atoms with Gasteiger partial charge in [0, 0.05) is 25.2 Å². The Morgan fingerprint density at radius 3 is 1.49 bits per heavy atom. The van der Waals surface area contributed by atoms with E-state index in [2.05, 4.69) is 26.0 Å². The van der Waals surface area contributed by atoms with Gasteiger partial charge < -0.3 is 15.2 Å². The zero-order valence-electron chi connectivity index (χ0n) is 33.3. The minimum atomic E-state index is -0.730. The predicted octanol–water partition coefficient (Wildman–Crippen LogP) is 5.96. The quantitative estimate of drug-likeness (QED) is 0.183. The molecule has 15 heteroatoms. The smallest absolute Gasteiger partial charge is 0.334 e. The summed E-state index contributed by atoms with van der Waals surface area (Å²) in [6, 6.07) is 31.7. The zero-order valence-corrected chi connectivity index (χ0v) is 33.3. The Bertz CT molecular complexity index is 3040. The predicted molar refractivity (Wildman–Crippen MR) is 224 cm³/mol. The highest BCUT2D eigenvalue weighted by Gasteiger charge is 2.24. The maximum atomic E-state index is 13.1. The van der Waals surface area contributed by atoms with Crippen LogP contribution in [0.25, 0.3) is 56.5 Å². The second-order valence-electron chi connectivity index (χ2n) is 13.5. The number of aromatic nitrogens is 8. The molecule has 0 aliphatic rings. The number of nitrogens with zero attached hydrogens (tertiary/aromatic N) is 9. The van der Waals surface area contributed by atoms with Crippen LogP contribution in [0.4, 0.5) is 0 Å². The van der Waals surface area contributed by atoms with Crippen LogP contribution in [0, 0.1) is 25.2 Å². The topological polar surface area (TPSA) is 191 Å². The Morgan fingerprint density at radius 2 is 1.07 bits per heavy atom. The van der Waals surface area contributed by atoms with Gasteiger partial charge in [0.1, 0.15) is 28.6 Å². The van der Waals surface area contributed by atoms with Crippen molar-refractivity contribution in [2.24, 2.45) is 19.8 Å². The molecular formula is C44H40N10O5. The van der Waals surface area contributed by atoms with E-state index in [1.54, 1.807) is 38.4 Å². The number of rotatable bonds is 9. The Labute approximate surface area is 338 Å². The summed E-state index contributed by atoms with van der Waals surface area (Å²) in [4.78, 5) is 56.4. The number of ether oxygens (including phenoxy) is 2. The molecule has 296 valence electrons. The van der Waals surface area contributed by atoms with Gasteiger partial charge in [0.2, 0.25) is 0 Å². The number of para-hydroxylation sites is 2. The summed E-state index contributed by atoms with van der Waals surface area (Å²) in [6.07, 6.45) is 0. The number of hydrogen-bond acceptors (Lipinski definition) is 10. The number of benzene rings is 4. The summed E-state index contributed by atoms with van der Waals surface area (Å²) in [5.74, 6) is 1.41. The Hall–Kier alpha value is -7.86. The van der Waals surface area contributed by atoms with Crippen molar-refractivity contribution >= 4 is 28.2 Å². The van der Waals surface area contributed by atoms with Crippen LogP contribution in [-0.4, -0.2) is 57.3 Å². The zero-order chi connectivity index (χ0) is 42.0. The Balaban J connectivity index is 0.000000179. The molecule has 0 aliphatic heterocycles. The summed E-state index contributed by atoms with van der Waals surface area (Å²) >= 11 is 0. The molecule has 8 aromatic rings. The summed E-state index contributed by atoms with van der Waals surface area (Å²) in [6.45, 7) is 8.80. The first-order valence-electron chi connectivity index (χ1n) is 18.7. The molecule has 0 unspecified atom stereocenters. The number of carbonyl (C=O) groups is 1. The van der Waals surface area contributed by atoms with Crippen LogP contribution in [0.2, 0.25) is 0 Å². The first-order valence-corrected chi connectivity index (χ1v) is 18.7. The molecule has 0 spiro atoms. The number of nitrogens with two attached hydrogens (primary N) is 1. The fourth-order valence-corrected chi connectivity index (χ4v) is 6.79. The van der Waals surface area contributed by atoms with E-state index in [4.69, 9.17) is 15.2 Å². The number of fused-ring (bicyclic) bond motifs is 2. The maximum absolute atomic E-state index is 13.1. The van der Waals surface area contributed by atoms with Gasteiger partial charge in [-0.3, -0.25) is 13.9 Å². The SMILES string of the molecule is CCOc1ccc(-c2nc(C#N)c3c(n2)n(-c2ccccc2C)c(=O)n3C)cc1.CCOc1ccc(-c2nc(C(N)=O)c3c(n2)n(-c2ccccc2C)c(=O)n3C)cc1. The van der Waals surface area contributed by atoms with E-state index in [1.165, 1.54) is 18.3 Å². The van der Waals surface area contributed by atoms with Crippen molar-refractivity contribution < 1.29 is 14.3 Å². The van der Waals surface area contributed by atoms with E-state index in [1.807, 2.05) is 100 Å². The molecule has 4 aromatic carbocycles. The van der Waals surface area contributed by atoms with Gasteiger partial charge in [0.25, 0.3) is 5.91 Å². The van der Waals surface area contributed by atoms with Gasteiger partial charge in [-0.2, -0.15) is 5.26 Å². The number of hydrogen-bond donors (Lipinski definition) is 1. The second-order valence-corrected chi connectivity index (χ2v) is 13.5. The highest BCUT2D eigenvalue weighted by molar-refractivity contribution is 6.02. The average Bonchev–Trinajstić information content (AvgIpc) is 3.64. The van der Waals surface area contributed by atoms with Crippen molar-refractivity contribution in [3.8, 4) is 51.7 Å². The van der Waals surface area contributed by atoms with Gasteiger partial charge in [0.15, 0.2) is 34.3 Å². The van der Waals surface area contributed by atoms with Gasteiger partial charge in [-0.1, -0.05) is 36.4 Å². The van der Waals surface area contributed by atoms with Crippen LogP contribution in [-0.2, 0) is 14.1 Å². The normalized spacial score (nSPS) is 10.9. The molecule has 0 saturated carbocycles. The third-order valence-electron chi connectivity index (χ3n) is 9.68. The van der Waals surface area contributed by atoms with E-state index in [-0.39, 0.29) is 22.8 Å². The maximum Gasteiger partial charge on any atom is 0.334 e. The molecular weight excluding hydrogens is 749 g/mol. The molecule has 0 atom stereocenters. The molecule has 0 bridgehead atoms. The van der Waals surface area contributed by atoms with Crippen molar-refractivity contribution in [1.82, 2.24) is 38.2 Å². The Kier molecular flexibility index (Phi) is 10.9. The molecule has 0 fully saturated rings. The summed E-state index contributed by atoms with van der Waals surface area (Å²) in [7, 11) is 3.20. The summed E-state index contributed by atoms with van der Waals surface area (Å²) in [5.41, 5.74) is 11.2. The number of amides is 1. The van der Waals surface area contributed by atoms with Crippen molar-refractivity contribution in [2.45, 2.75) is 27.7 Å². The highest BCUT2D eigenvalue weighted by Crippen LogP contribution is 2.27. The lowest BCUT2D eigenvalue weighted by Gasteiger charge is -2.09. The van der Waals surface area contributed by atoms with Gasteiger partial charge in [0.05, 0.1) is 24.6 Å². The Morgan fingerprint density at radius 1 is 0.644 bits per heavy atom. The third-order valence-corrected chi connectivity index (χ3v) is 9.68. The van der Waals surface area contributed by atoms with Gasteiger partial charge in [-0.25, -0.2) is 38.7 Å². The van der Waals surface area contributed by atoms with Crippen molar-refractivity contribution in [3.05, 3.63) is 141 Å². The average molecular weight is 789 g/mol. The molecule has 59 heavy (non-hydrogen) atoms. The number of aryl methyl sites for hydroxylation is 4. The molecule has 1 amide bonds. The monoisotopic (exact) mass is 788 g/mol. The molecule has 0 radical (unpaired) electrons. The van der Waals surface area contributed by atoms with Crippen LogP contribution >= 0.6 is 0 Å². The van der Waals surface area contributed by atoms with E-state index in [0.717, 1.165) is 28.1 Å². The minimum Gasteiger partial charge on any atom is -0.494 e. The van der Waals surface area contributed by atoms with Gasteiger partial charge in [-0.15, -0.1) is 0 Å². The molecule has 4 heterocycles. The van der Waals surface area contributed by atoms with Crippen LogP contribution in [0.5, 0.6) is 11.5 Å². The van der Waals surface area contributed by atoms with Crippen LogP contribution in [0.3, 0.4) is 0 Å². The lowest BCUT2D eigenvalue weighted by molar-refractivity contribution is 0.0997. The standard InChI is InChI=1S/C22H21N5O3.C22H19N5O2/c1-4-30-15-11-9-14(10-12-15)20-24-17(19(23)28)18-21(25-20)27(22(29)26(18)3)16-8-6-5-7-13(16)2;1-4-29-16-11-9-15(10-12-16)20-24-17(13-23)19-21(25-20)27(22(28)26(19)3)18-8-6-5-7-14(18)2/h5-12H,4H2,1-3H3,(H2,23,28);5-12H,4H2,1-3H3. The van der Waals surface area contributed by atoms with Gasteiger partial charge in [-0.05, 0) is 99.5 Å². The largest absolute Gasteiger partial charge is 0.494 e. The number of nitriles is 1. The van der Waals surface area contributed by atoms with Crippen molar-refractivity contribution in [1.29, 1.82) is 5.26 Å². The number of imidazole rings is 2. The van der Waals surface area contributed by atoms with Crippen LogP contribution < -0.4 is 26.6 Å². The summed E-state index contributed by atoms with van der Waals surface area (Å²) in [5, 5.41) is 9.69. The first kappa shape index (κ1) is 39.4. The van der Waals surface area contributed by atoms with E-state index < -0.39 is 5.91 Å². The van der Waals surface area contributed by atoms with E-state index in [9.17, 15) is 19.6 Å². The molecule has 0 aliphatic carbocycles. The third kappa shape index (κ3) is 7.30. The molecule has 4 aromatic heterocycles. The molecule has 15 nitrogen and oxygen atoms in total. The first-order chi connectivity index (χ1) is 28.5. The van der Waals surface area contributed by atoms with Gasteiger partial charge >= 0.3 is 11.4 Å². The minimum absolute atomic E-state index is 0.00387. The van der Waals surface area contributed by atoms with Crippen LogP contribution in [0.15, 0.2) is 107 Å². The summed E-state index contributed by atoms with van der Waals surface area (Å²) < 4.78 is 16.7. The number of primary amides is 1. The second kappa shape index (κ2) is 16.3. The molecule has 8 rings (SSSR count). The van der Waals surface area contributed by atoms with Crippen LogP contribution in [0.1, 0.15) is 41.2 Å². The van der Waals surface area contributed by atoms with Crippen molar-refractivity contribution in [3.63, 3.8) is 0 Å². The highest BCUT2D eigenvalue weighted by atomic mass is 16.5. The van der Waals surface area contributed by atoms with E-state index in [0.29, 0.717) is 64.2 Å². The number of carbonyl (C=O) groups excluding carboxylic acids is 1. The lowest BCUT2D eigenvalue weighted by atomic mass is 10.2. The lowest BCUT2D eigenvalue weighted by Crippen LogP contribution is -2.22. The fraction of sp³-hybridized carbons (Fsp3) is 0.182. The molecule has 2 N–H and O–H groups in total. The molecule has 0 saturated heterocycles. The fourth-order valence-electron chi connectivity index (χ4n) is 6.79. The van der Waals surface area contributed by atoms with Crippen molar-refractivity contribution in [2.75, 3.05) is 13.2 Å².